The lowest BCUT2D eigenvalue weighted by Crippen LogP contribution is -2.44. The van der Waals surface area contributed by atoms with Crippen LogP contribution in [0.4, 0.5) is 4.79 Å². The third kappa shape index (κ3) is 4.79. The predicted molar refractivity (Wildman–Crippen MR) is 85.6 cm³/mol. The van der Waals surface area contributed by atoms with Crippen LogP contribution in [0.15, 0.2) is 17.5 Å². The smallest absolute Gasteiger partial charge is 0.411 e. The molecule has 2 rings (SSSR count). The Hall–Kier alpha value is -1.89. The molecule has 23 heavy (non-hydrogen) atoms. The molecular weight excluding hydrogens is 318 g/mol. The highest BCUT2D eigenvalue weighted by atomic mass is 32.1. The highest BCUT2D eigenvalue weighted by Gasteiger charge is 2.37. The van der Waals surface area contributed by atoms with E-state index < -0.39 is 23.7 Å². The van der Waals surface area contributed by atoms with Gasteiger partial charge in [0.15, 0.2) is 6.61 Å². The number of amides is 1. The number of rotatable bonds is 4. The summed E-state index contributed by atoms with van der Waals surface area (Å²) in [7, 11) is 0. The van der Waals surface area contributed by atoms with Crippen molar-refractivity contribution in [1.82, 2.24) is 4.90 Å². The normalized spacial score (nSPS) is 17.9. The molecule has 1 amide bonds. The number of thiophene rings is 1. The summed E-state index contributed by atoms with van der Waals surface area (Å²) in [6, 6.07) is 2.77. The second kappa shape index (κ2) is 7.12. The average molecular weight is 339 g/mol. The van der Waals surface area contributed by atoms with Gasteiger partial charge in [0.25, 0.3) is 0 Å². The minimum Gasteiger partial charge on any atom is -0.456 e. The molecule has 0 bridgehead atoms. The van der Waals surface area contributed by atoms with E-state index >= 15 is 0 Å². The van der Waals surface area contributed by atoms with Crippen molar-refractivity contribution in [2.45, 2.75) is 45.3 Å². The molecule has 1 atom stereocenters. The van der Waals surface area contributed by atoms with Gasteiger partial charge in [0.1, 0.15) is 11.6 Å². The number of nitrogens with zero attached hydrogens (tertiary/aromatic N) is 1. The number of likely N-dealkylation sites (tertiary alicyclic amines) is 1. The fourth-order valence-corrected chi connectivity index (χ4v) is 2.94. The molecule has 0 aliphatic carbocycles. The van der Waals surface area contributed by atoms with Crippen LogP contribution in [0.5, 0.6) is 0 Å². The predicted octanol–water partition coefficient (Wildman–Crippen LogP) is 2.87. The first-order valence-electron chi connectivity index (χ1n) is 7.51. The van der Waals surface area contributed by atoms with Gasteiger partial charge in [-0.1, -0.05) is 6.07 Å². The number of hydrogen-bond acceptors (Lipinski definition) is 6. The molecule has 7 heteroatoms. The van der Waals surface area contributed by atoms with E-state index in [2.05, 4.69) is 0 Å². The summed E-state index contributed by atoms with van der Waals surface area (Å²) in [5.74, 6) is -0.798. The fourth-order valence-electron chi connectivity index (χ4n) is 2.29. The first-order valence-corrected chi connectivity index (χ1v) is 8.39. The first-order chi connectivity index (χ1) is 10.8. The molecule has 6 nitrogen and oxygen atoms in total. The second-order valence-electron chi connectivity index (χ2n) is 6.34. The van der Waals surface area contributed by atoms with Gasteiger partial charge in [0, 0.05) is 6.54 Å². The second-order valence-corrected chi connectivity index (χ2v) is 7.29. The summed E-state index contributed by atoms with van der Waals surface area (Å²) in [6.07, 6.45) is 0.699. The molecule has 0 radical (unpaired) electrons. The molecule has 1 aromatic heterocycles. The van der Waals surface area contributed by atoms with Gasteiger partial charge in [-0.05, 0) is 45.1 Å². The van der Waals surface area contributed by atoms with Crippen LogP contribution in [0.3, 0.4) is 0 Å². The van der Waals surface area contributed by atoms with Crippen LogP contribution in [0.1, 0.15) is 43.3 Å². The van der Waals surface area contributed by atoms with Gasteiger partial charge in [0.2, 0.25) is 5.78 Å². The third-order valence-electron chi connectivity index (χ3n) is 3.29. The Kier molecular flexibility index (Phi) is 5.41. The van der Waals surface area contributed by atoms with Crippen LogP contribution < -0.4 is 0 Å². The van der Waals surface area contributed by atoms with Crippen LogP contribution in [-0.2, 0) is 14.3 Å². The van der Waals surface area contributed by atoms with Crippen LogP contribution in [0, 0.1) is 0 Å². The summed E-state index contributed by atoms with van der Waals surface area (Å²) in [4.78, 5) is 38.1. The maximum absolute atomic E-state index is 12.2. The molecule has 0 N–H and O–H groups in total. The lowest BCUT2D eigenvalue weighted by molar-refractivity contribution is -0.147. The molecule has 0 saturated carbocycles. The summed E-state index contributed by atoms with van der Waals surface area (Å²) >= 11 is 1.30. The molecule has 0 unspecified atom stereocenters. The summed E-state index contributed by atoms with van der Waals surface area (Å²) in [5.41, 5.74) is -0.622. The number of Topliss-reactive ketones (excluding diaryl/α,β-unsaturated/α-hetero) is 1. The Bertz CT molecular complexity index is 576. The van der Waals surface area contributed by atoms with Gasteiger partial charge in [-0.2, -0.15) is 0 Å². The monoisotopic (exact) mass is 339 g/mol. The van der Waals surface area contributed by atoms with Crippen LogP contribution in [-0.4, -0.2) is 47.5 Å². The highest BCUT2D eigenvalue weighted by Crippen LogP contribution is 2.22. The number of carbonyl (C=O) groups is 3. The van der Waals surface area contributed by atoms with Gasteiger partial charge in [-0.15, -0.1) is 11.3 Å². The molecule has 1 fully saturated rings. The van der Waals surface area contributed by atoms with Gasteiger partial charge >= 0.3 is 12.1 Å². The molecule has 0 spiro atoms. The standard InChI is InChI=1S/C16H21NO5S/c1-16(2,3)22-15(20)17-8-4-6-11(17)14(19)21-10-12(18)13-7-5-9-23-13/h5,7,9,11H,4,6,8,10H2,1-3H3/t11-/m0/s1. The van der Waals surface area contributed by atoms with Crippen molar-refractivity contribution < 1.29 is 23.9 Å². The Balaban J connectivity index is 1.90. The van der Waals surface area contributed by atoms with Gasteiger partial charge in [-0.3, -0.25) is 9.69 Å². The largest absolute Gasteiger partial charge is 0.456 e. The molecule has 1 saturated heterocycles. The van der Waals surface area contributed by atoms with Gasteiger partial charge in [-0.25, -0.2) is 9.59 Å². The van der Waals surface area contributed by atoms with Crippen molar-refractivity contribution in [1.29, 1.82) is 0 Å². The van der Waals surface area contributed by atoms with Crippen molar-refractivity contribution in [3.8, 4) is 0 Å². The molecule has 126 valence electrons. The molecular formula is C16H21NO5S. The van der Waals surface area contributed by atoms with Gasteiger partial charge in [0.05, 0.1) is 4.88 Å². The molecule has 2 heterocycles. The molecule has 1 aliphatic heterocycles. The summed E-state index contributed by atoms with van der Waals surface area (Å²) in [5, 5.41) is 1.79. The minimum atomic E-state index is -0.680. The average Bonchev–Trinajstić information content (AvgIpc) is 3.12. The zero-order valence-corrected chi connectivity index (χ0v) is 14.4. The Labute approximate surface area is 139 Å². The van der Waals surface area contributed by atoms with Crippen molar-refractivity contribution in [2.75, 3.05) is 13.2 Å². The number of ketones is 1. The van der Waals surface area contributed by atoms with Crippen molar-refractivity contribution >= 4 is 29.2 Å². The zero-order valence-electron chi connectivity index (χ0n) is 13.5. The van der Waals surface area contributed by atoms with E-state index in [1.54, 1.807) is 38.3 Å². The van der Waals surface area contributed by atoms with E-state index in [4.69, 9.17) is 9.47 Å². The molecule has 0 aromatic carbocycles. The molecule has 1 aliphatic rings. The number of carbonyl (C=O) groups excluding carboxylic acids is 3. The summed E-state index contributed by atoms with van der Waals surface area (Å²) < 4.78 is 10.4. The van der Waals surface area contributed by atoms with Crippen molar-refractivity contribution in [3.05, 3.63) is 22.4 Å². The Morgan fingerprint density at radius 3 is 2.70 bits per heavy atom. The minimum absolute atomic E-state index is 0.241. The topological polar surface area (TPSA) is 72.9 Å². The molecule has 1 aromatic rings. The van der Waals surface area contributed by atoms with E-state index in [9.17, 15) is 14.4 Å². The Morgan fingerprint density at radius 1 is 1.35 bits per heavy atom. The third-order valence-corrected chi connectivity index (χ3v) is 4.21. The van der Waals surface area contributed by atoms with Crippen molar-refractivity contribution in [3.63, 3.8) is 0 Å². The summed E-state index contributed by atoms with van der Waals surface area (Å²) in [6.45, 7) is 5.46. The zero-order chi connectivity index (χ0) is 17.0. The SMILES string of the molecule is CC(C)(C)OC(=O)N1CCC[C@H]1C(=O)OCC(=O)c1cccs1. The number of ether oxygens (including phenoxy) is 2. The van der Waals surface area contributed by atoms with Crippen LogP contribution >= 0.6 is 11.3 Å². The van der Waals surface area contributed by atoms with Gasteiger partial charge < -0.3 is 9.47 Å². The maximum atomic E-state index is 12.2. The lowest BCUT2D eigenvalue weighted by atomic mass is 10.2. The highest BCUT2D eigenvalue weighted by molar-refractivity contribution is 7.12. The van der Waals surface area contributed by atoms with Crippen molar-refractivity contribution in [2.24, 2.45) is 0 Å². The maximum Gasteiger partial charge on any atom is 0.411 e. The Morgan fingerprint density at radius 2 is 2.09 bits per heavy atom. The quantitative estimate of drug-likeness (QED) is 0.623. The van der Waals surface area contributed by atoms with E-state index in [0.29, 0.717) is 24.3 Å². The van der Waals surface area contributed by atoms with E-state index in [-0.39, 0.29) is 12.4 Å². The lowest BCUT2D eigenvalue weighted by Gasteiger charge is -2.27. The fraction of sp³-hybridized carbons (Fsp3) is 0.562. The number of esters is 1. The van der Waals surface area contributed by atoms with E-state index in [1.165, 1.54) is 16.2 Å². The van der Waals surface area contributed by atoms with E-state index in [1.807, 2.05) is 0 Å². The van der Waals surface area contributed by atoms with Crippen LogP contribution in [0.25, 0.3) is 0 Å². The number of hydrogen-bond donors (Lipinski definition) is 0. The van der Waals surface area contributed by atoms with E-state index in [0.717, 1.165) is 0 Å². The van der Waals surface area contributed by atoms with Crippen LogP contribution in [0.2, 0.25) is 0 Å². The first kappa shape index (κ1) is 17.5.